The summed E-state index contributed by atoms with van der Waals surface area (Å²) in [5, 5.41) is 0.842. The van der Waals surface area contributed by atoms with E-state index in [0.717, 1.165) is 31.5 Å². The molecule has 0 N–H and O–H groups in total. The topological polar surface area (TPSA) is 53.5 Å². The highest BCUT2D eigenvalue weighted by atomic mass is 35.5. The molecule has 27 heavy (non-hydrogen) atoms. The van der Waals surface area contributed by atoms with E-state index in [-0.39, 0.29) is 18.4 Å². The summed E-state index contributed by atoms with van der Waals surface area (Å²) in [6.07, 6.45) is 5.30. The van der Waals surface area contributed by atoms with Gasteiger partial charge in [-0.25, -0.2) is 0 Å². The molecule has 0 bridgehead atoms. The van der Waals surface area contributed by atoms with Crippen molar-refractivity contribution in [3.63, 3.8) is 0 Å². The number of amides is 2. The number of likely N-dealkylation sites (tertiary alicyclic amines) is 1. The minimum Gasteiger partial charge on any atom is -0.366 e. The van der Waals surface area contributed by atoms with Crippen molar-refractivity contribution < 1.29 is 9.59 Å². The van der Waals surface area contributed by atoms with Gasteiger partial charge in [0.1, 0.15) is 5.70 Å². The van der Waals surface area contributed by atoms with Crippen LogP contribution in [0.4, 0.5) is 0 Å². The van der Waals surface area contributed by atoms with Gasteiger partial charge in [-0.3, -0.25) is 19.5 Å². The molecule has 1 aromatic carbocycles. The monoisotopic (exact) mass is 401 g/mol. The molecule has 7 heteroatoms. The third kappa shape index (κ3) is 3.33. The lowest BCUT2D eigenvalue weighted by Gasteiger charge is -2.20. The highest BCUT2D eigenvalue weighted by molar-refractivity contribution is 6.41. The Bertz CT molecular complexity index is 937. The van der Waals surface area contributed by atoms with Gasteiger partial charge in [0.05, 0.1) is 17.1 Å². The lowest BCUT2D eigenvalue weighted by Crippen LogP contribution is -2.34. The molecule has 138 valence electrons. The Morgan fingerprint density at radius 3 is 2.48 bits per heavy atom. The molecule has 0 unspecified atom stereocenters. The van der Waals surface area contributed by atoms with E-state index in [2.05, 4.69) is 4.98 Å². The van der Waals surface area contributed by atoms with Gasteiger partial charge in [-0.1, -0.05) is 35.3 Å². The van der Waals surface area contributed by atoms with Crippen LogP contribution in [0.25, 0.3) is 5.57 Å². The second kappa shape index (κ2) is 7.33. The zero-order chi connectivity index (χ0) is 19.0. The van der Waals surface area contributed by atoms with Gasteiger partial charge in [0, 0.05) is 36.1 Å². The van der Waals surface area contributed by atoms with Gasteiger partial charge in [0.2, 0.25) is 0 Å². The summed E-state index contributed by atoms with van der Waals surface area (Å²) < 4.78 is 0. The minimum absolute atomic E-state index is 0.178. The van der Waals surface area contributed by atoms with Crippen LogP contribution >= 0.6 is 23.2 Å². The maximum Gasteiger partial charge on any atom is 0.278 e. The Balaban J connectivity index is 1.78. The number of carbonyl (C=O) groups excluding carboxylic acids is 2. The molecule has 1 aromatic heterocycles. The van der Waals surface area contributed by atoms with Crippen molar-refractivity contribution in [3.8, 4) is 0 Å². The van der Waals surface area contributed by atoms with Gasteiger partial charge in [-0.2, -0.15) is 0 Å². The maximum absolute atomic E-state index is 13.2. The highest BCUT2D eigenvalue weighted by Gasteiger charge is 2.42. The van der Waals surface area contributed by atoms with E-state index in [1.165, 1.54) is 4.90 Å². The predicted molar refractivity (Wildman–Crippen MR) is 104 cm³/mol. The van der Waals surface area contributed by atoms with Gasteiger partial charge >= 0.3 is 0 Å². The number of pyridine rings is 1. The fourth-order valence-corrected chi connectivity index (χ4v) is 4.05. The Kier molecular flexibility index (Phi) is 4.89. The van der Waals surface area contributed by atoms with Crippen LogP contribution in [-0.2, 0) is 16.1 Å². The molecule has 2 amide bonds. The van der Waals surface area contributed by atoms with Crippen molar-refractivity contribution in [2.24, 2.45) is 0 Å². The molecule has 2 aliphatic heterocycles. The molecule has 0 saturated carbocycles. The van der Waals surface area contributed by atoms with Crippen LogP contribution < -0.4 is 0 Å². The predicted octanol–water partition coefficient (Wildman–Crippen LogP) is 3.76. The highest BCUT2D eigenvalue weighted by Crippen LogP contribution is 2.37. The average Bonchev–Trinajstić information content (AvgIpc) is 3.25. The van der Waals surface area contributed by atoms with E-state index < -0.39 is 0 Å². The molecular formula is C20H17Cl2N3O2. The van der Waals surface area contributed by atoms with Crippen LogP contribution in [0.1, 0.15) is 24.0 Å². The maximum atomic E-state index is 13.2. The SMILES string of the molecule is O=C1C(c2ccc(Cl)cc2Cl)=C(N2CCCC2)C(=O)N1Cc1cccnc1. The zero-order valence-corrected chi connectivity index (χ0v) is 16.0. The van der Waals surface area contributed by atoms with E-state index in [1.54, 1.807) is 36.7 Å². The molecule has 5 nitrogen and oxygen atoms in total. The third-order valence-corrected chi connectivity index (χ3v) is 5.38. The molecule has 0 aliphatic carbocycles. The van der Waals surface area contributed by atoms with Crippen LogP contribution in [-0.4, -0.2) is 39.7 Å². The normalized spacial score (nSPS) is 17.4. The quantitative estimate of drug-likeness (QED) is 0.731. The summed E-state index contributed by atoms with van der Waals surface area (Å²) in [6.45, 7) is 1.69. The van der Waals surface area contributed by atoms with Gasteiger partial charge in [0.15, 0.2) is 0 Å². The van der Waals surface area contributed by atoms with Crippen molar-refractivity contribution in [2.75, 3.05) is 13.1 Å². The van der Waals surface area contributed by atoms with Crippen LogP contribution in [0, 0.1) is 0 Å². The van der Waals surface area contributed by atoms with E-state index >= 15 is 0 Å². The molecule has 2 aromatic rings. The first-order valence-electron chi connectivity index (χ1n) is 8.76. The Morgan fingerprint density at radius 1 is 1.04 bits per heavy atom. The number of rotatable bonds is 4. The average molecular weight is 402 g/mol. The molecule has 0 spiro atoms. The first-order chi connectivity index (χ1) is 13.1. The van der Waals surface area contributed by atoms with Crippen molar-refractivity contribution in [1.82, 2.24) is 14.8 Å². The van der Waals surface area contributed by atoms with Crippen molar-refractivity contribution in [3.05, 3.63) is 69.6 Å². The van der Waals surface area contributed by atoms with E-state index in [1.807, 2.05) is 11.0 Å². The standard InChI is InChI=1S/C20H17Cl2N3O2/c21-14-5-6-15(16(22)10-14)17-18(24-8-1-2-9-24)20(27)25(19(17)26)12-13-4-3-7-23-11-13/h3-7,10-11H,1-2,8-9,12H2. The van der Waals surface area contributed by atoms with Crippen molar-refractivity contribution >= 4 is 40.6 Å². The number of nitrogens with zero attached hydrogens (tertiary/aromatic N) is 3. The Labute approximate surface area is 167 Å². The molecule has 4 rings (SSSR count). The number of hydrogen-bond acceptors (Lipinski definition) is 4. The number of hydrogen-bond donors (Lipinski definition) is 0. The summed E-state index contributed by atoms with van der Waals surface area (Å²) >= 11 is 12.4. The van der Waals surface area contributed by atoms with Crippen LogP contribution in [0.3, 0.4) is 0 Å². The van der Waals surface area contributed by atoms with Gasteiger partial charge in [-0.15, -0.1) is 0 Å². The number of aromatic nitrogens is 1. The fraction of sp³-hybridized carbons (Fsp3) is 0.250. The first-order valence-corrected chi connectivity index (χ1v) is 9.51. The third-order valence-electron chi connectivity index (χ3n) is 4.83. The molecule has 1 saturated heterocycles. The molecule has 3 heterocycles. The first kappa shape index (κ1) is 18.0. The van der Waals surface area contributed by atoms with E-state index in [4.69, 9.17) is 23.2 Å². The number of benzene rings is 1. The Morgan fingerprint density at radius 2 is 1.81 bits per heavy atom. The molecule has 1 fully saturated rings. The summed E-state index contributed by atoms with van der Waals surface area (Å²) in [4.78, 5) is 33.7. The second-order valence-electron chi connectivity index (χ2n) is 6.60. The molecular weight excluding hydrogens is 385 g/mol. The van der Waals surface area contributed by atoms with Crippen LogP contribution in [0.15, 0.2) is 48.4 Å². The summed E-state index contributed by atoms with van der Waals surface area (Å²) in [7, 11) is 0. The minimum atomic E-state index is -0.338. The van der Waals surface area contributed by atoms with E-state index in [9.17, 15) is 9.59 Å². The summed E-state index contributed by atoms with van der Waals surface area (Å²) in [5.41, 5.74) is 2.12. The van der Waals surface area contributed by atoms with Gasteiger partial charge < -0.3 is 4.90 Å². The van der Waals surface area contributed by atoms with Gasteiger partial charge in [-0.05, 0) is 36.6 Å². The summed E-state index contributed by atoms with van der Waals surface area (Å²) in [5.74, 6) is -0.623. The second-order valence-corrected chi connectivity index (χ2v) is 7.44. The van der Waals surface area contributed by atoms with Gasteiger partial charge in [0.25, 0.3) is 11.8 Å². The number of carbonyl (C=O) groups is 2. The van der Waals surface area contributed by atoms with Crippen LogP contribution in [0.2, 0.25) is 10.0 Å². The van der Waals surface area contributed by atoms with Crippen molar-refractivity contribution in [2.45, 2.75) is 19.4 Å². The number of halogens is 2. The smallest absolute Gasteiger partial charge is 0.278 e. The number of imide groups is 1. The zero-order valence-electron chi connectivity index (χ0n) is 14.5. The molecule has 2 aliphatic rings. The summed E-state index contributed by atoms with van der Waals surface area (Å²) in [6, 6.07) is 8.60. The fourth-order valence-electron chi connectivity index (χ4n) is 3.55. The molecule has 0 radical (unpaired) electrons. The van der Waals surface area contributed by atoms with E-state index in [0.29, 0.717) is 26.9 Å². The Hall–Kier alpha value is -2.37. The largest absolute Gasteiger partial charge is 0.366 e. The van der Waals surface area contributed by atoms with Crippen molar-refractivity contribution in [1.29, 1.82) is 0 Å². The molecule has 0 atom stereocenters. The lowest BCUT2D eigenvalue weighted by atomic mass is 10.0. The lowest BCUT2D eigenvalue weighted by molar-refractivity contribution is -0.138. The van der Waals surface area contributed by atoms with Crippen LogP contribution in [0.5, 0.6) is 0 Å².